The predicted molar refractivity (Wildman–Crippen MR) is 139 cm³/mol. The van der Waals surface area contributed by atoms with Crippen molar-refractivity contribution in [2.24, 2.45) is 0 Å². The smallest absolute Gasteiger partial charge is 0.292 e. The van der Waals surface area contributed by atoms with Gasteiger partial charge in [0.1, 0.15) is 45.2 Å². The Balaban J connectivity index is 1.74. The van der Waals surface area contributed by atoms with Crippen molar-refractivity contribution < 1.29 is 14.4 Å². The number of aryl methyl sites for hydroxylation is 1. The van der Waals surface area contributed by atoms with E-state index >= 15 is 0 Å². The normalized spacial score (nSPS) is 10.6. The summed E-state index contributed by atoms with van der Waals surface area (Å²) in [4.78, 5) is 24.1. The van der Waals surface area contributed by atoms with E-state index in [9.17, 15) is 10.1 Å². The average Bonchev–Trinajstić information content (AvgIpc) is 2.88. The van der Waals surface area contributed by atoms with Crippen molar-refractivity contribution in [3.63, 3.8) is 0 Å². The van der Waals surface area contributed by atoms with Gasteiger partial charge in [-0.1, -0.05) is 35.3 Å². The monoisotopic (exact) mass is 526 g/mol. The zero-order valence-electron chi connectivity index (χ0n) is 19.4. The van der Waals surface area contributed by atoms with Crippen molar-refractivity contribution in [2.45, 2.75) is 6.92 Å². The Morgan fingerprint density at radius 3 is 2.31 bits per heavy atom. The van der Waals surface area contributed by atoms with Gasteiger partial charge in [-0.2, -0.15) is 0 Å². The van der Waals surface area contributed by atoms with Crippen LogP contribution in [-0.4, -0.2) is 34.1 Å². The molecule has 184 valence electrons. The van der Waals surface area contributed by atoms with Crippen LogP contribution >= 0.6 is 23.2 Å². The van der Waals surface area contributed by atoms with Crippen LogP contribution in [0.5, 0.6) is 11.5 Å². The first-order valence-electron chi connectivity index (χ1n) is 10.5. The molecule has 2 aromatic carbocycles. The zero-order valence-corrected chi connectivity index (χ0v) is 20.9. The van der Waals surface area contributed by atoms with Crippen LogP contribution in [0.2, 0.25) is 10.0 Å². The van der Waals surface area contributed by atoms with Gasteiger partial charge in [-0.3, -0.25) is 10.1 Å². The van der Waals surface area contributed by atoms with E-state index in [0.29, 0.717) is 51.3 Å². The first-order valence-corrected chi connectivity index (χ1v) is 11.2. The lowest BCUT2D eigenvalue weighted by Crippen LogP contribution is -2.03. The van der Waals surface area contributed by atoms with Crippen LogP contribution in [0.3, 0.4) is 0 Å². The van der Waals surface area contributed by atoms with E-state index < -0.39 is 4.92 Å². The summed E-state index contributed by atoms with van der Waals surface area (Å²) >= 11 is 13.0. The molecule has 0 spiro atoms. The maximum Gasteiger partial charge on any atom is 0.292 e. The summed E-state index contributed by atoms with van der Waals surface area (Å²) in [5, 5.41) is 18.2. The third kappa shape index (κ3) is 4.95. The highest BCUT2D eigenvalue weighted by Crippen LogP contribution is 2.45. The fourth-order valence-electron chi connectivity index (χ4n) is 3.49. The molecule has 0 radical (unpaired) electrons. The second-order valence-electron chi connectivity index (χ2n) is 7.45. The number of hydrogen-bond acceptors (Lipinski definition) is 9. The summed E-state index contributed by atoms with van der Waals surface area (Å²) in [7, 11) is 2.97. The van der Waals surface area contributed by atoms with E-state index in [1.54, 1.807) is 49.5 Å². The summed E-state index contributed by atoms with van der Waals surface area (Å²) in [6.07, 6.45) is 2.95. The molecular formula is C24H20Cl2N6O4. The maximum atomic E-state index is 11.5. The number of methoxy groups -OCH3 is 2. The lowest BCUT2D eigenvalue weighted by Gasteiger charge is -2.17. The number of nitro groups is 1. The maximum absolute atomic E-state index is 11.5. The Morgan fingerprint density at radius 1 is 0.917 bits per heavy atom. The number of benzene rings is 2. The van der Waals surface area contributed by atoms with Crippen LogP contribution < -0.4 is 20.1 Å². The third-order valence-electron chi connectivity index (χ3n) is 5.27. The molecule has 2 N–H and O–H groups in total. The molecule has 0 amide bonds. The standard InChI is InChI=1S/C24H20Cl2N6O4/c1-13-6-4-8-16(32(33)34)22(13)30-19-10-15(28-12-29-19)14-7-5-9-27-24(14)31-23-20(25)17(35-2)11-18(36-3)21(23)26/h4-12H,1-3H3,(H,27,31)(H,28,29,30). The molecule has 10 nitrogen and oxygen atoms in total. The molecule has 0 saturated heterocycles. The van der Waals surface area contributed by atoms with E-state index in [1.807, 2.05) is 0 Å². The first-order chi connectivity index (χ1) is 17.3. The first kappa shape index (κ1) is 25.0. The van der Waals surface area contributed by atoms with Gasteiger partial charge in [0, 0.05) is 30.0 Å². The van der Waals surface area contributed by atoms with Gasteiger partial charge < -0.3 is 20.1 Å². The largest absolute Gasteiger partial charge is 0.495 e. The molecule has 0 bridgehead atoms. The quantitative estimate of drug-likeness (QED) is 0.193. The highest BCUT2D eigenvalue weighted by atomic mass is 35.5. The number of hydrogen-bond donors (Lipinski definition) is 2. The highest BCUT2D eigenvalue weighted by Gasteiger charge is 2.20. The molecule has 36 heavy (non-hydrogen) atoms. The van der Waals surface area contributed by atoms with Gasteiger partial charge in [0.05, 0.1) is 30.5 Å². The third-order valence-corrected chi connectivity index (χ3v) is 6.02. The van der Waals surface area contributed by atoms with Crippen LogP contribution in [0.4, 0.5) is 28.7 Å². The molecule has 0 aliphatic heterocycles. The number of aromatic nitrogens is 3. The summed E-state index contributed by atoms with van der Waals surface area (Å²) in [6, 6.07) is 11.6. The van der Waals surface area contributed by atoms with Crippen LogP contribution in [-0.2, 0) is 0 Å². The minimum absolute atomic E-state index is 0.0600. The number of halogens is 2. The summed E-state index contributed by atoms with van der Waals surface area (Å²) in [6.45, 7) is 1.77. The number of nitrogens with zero attached hydrogens (tertiary/aromatic N) is 4. The lowest BCUT2D eigenvalue weighted by molar-refractivity contribution is -0.384. The van der Waals surface area contributed by atoms with Crippen molar-refractivity contribution in [1.29, 1.82) is 0 Å². The second-order valence-corrected chi connectivity index (χ2v) is 8.20. The molecular weight excluding hydrogens is 507 g/mol. The van der Waals surface area contributed by atoms with Gasteiger partial charge in [0.25, 0.3) is 5.69 Å². The average molecular weight is 527 g/mol. The Bertz CT molecular complexity index is 1420. The van der Waals surface area contributed by atoms with Crippen molar-refractivity contribution in [3.8, 4) is 22.8 Å². The number of ether oxygens (including phenoxy) is 2. The summed E-state index contributed by atoms with van der Waals surface area (Å²) < 4.78 is 10.7. The Morgan fingerprint density at radius 2 is 1.64 bits per heavy atom. The van der Waals surface area contributed by atoms with Crippen molar-refractivity contribution in [2.75, 3.05) is 24.9 Å². The SMILES string of the molecule is COc1cc(OC)c(Cl)c(Nc2ncccc2-c2cc(Nc3c(C)cccc3[N+](=O)[O-])ncn2)c1Cl. The number of rotatable bonds is 8. The van der Waals surface area contributed by atoms with Gasteiger partial charge in [0.15, 0.2) is 0 Å². The van der Waals surface area contributed by atoms with Crippen LogP contribution in [0.1, 0.15) is 5.56 Å². The van der Waals surface area contributed by atoms with Gasteiger partial charge in [-0.25, -0.2) is 15.0 Å². The highest BCUT2D eigenvalue weighted by molar-refractivity contribution is 6.41. The van der Waals surface area contributed by atoms with Crippen LogP contribution in [0.15, 0.2) is 55.0 Å². The number of anilines is 4. The molecule has 0 unspecified atom stereocenters. The van der Waals surface area contributed by atoms with E-state index in [0.717, 1.165) is 0 Å². The number of pyridine rings is 1. The van der Waals surface area contributed by atoms with Gasteiger partial charge in [-0.05, 0) is 24.6 Å². The Labute approximate surface area is 216 Å². The number of nitro benzene ring substituents is 1. The van der Waals surface area contributed by atoms with E-state index in [-0.39, 0.29) is 15.7 Å². The minimum Gasteiger partial charge on any atom is -0.495 e. The molecule has 4 aromatic rings. The number of nitrogens with one attached hydrogen (secondary N) is 2. The molecule has 2 aromatic heterocycles. The van der Waals surface area contributed by atoms with Crippen LogP contribution in [0, 0.1) is 17.0 Å². The lowest BCUT2D eigenvalue weighted by atomic mass is 10.1. The second kappa shape index (κ2) is 10.6. The van der Waals surface area contributed by atoms with Crippen molar-refractivity contribution in [1.82, 2.24) is 15.0 Å². The molecule has 4 rings (SSSR count). The fourth-order valence-corrected chi connectivity index (χ4v) is 4.09. The topological polar surface area (TPSA) is 124 Å². The minimum atomic E-state index is -0.448. The van der Waals surface area contributed by atoms with E-state index in [4.69, 9.17) is 32.7 Å². The van der Waals surface area contributed by atoms with Gasteiger partial charge in [0.2, 0.25) is 0 Å². The molecule has 0 saturated carbocycles. The Kier molecular flexibility index (Phi) is 7.37. The fraction of sp³-hybridized carbons (Fsp3) is 0.125. The van der Waals surface area contributed by atoms with Crippen LogP contribution in [0.25, 0.3) is 11.3 Å². The summed E-state index contributed by atoms with van der Waals surface area (Å²) in [5.41, 5.74) is 2.44. The number of para-hydroxylation sites is 1. The van der Waals surface area contributed by atoms with Gasteiger partial charge in [-0.15, -0.1) is 0 Å². The molecule has 0 aliphatic rings. The molecule has 0 aliphatic carbocycles. The predicted octanol–water partition coefficient (Wildman–Crippen LogP) is 6.57. The van der Waals surface area contributed by atoms with Crippen molar-refractivity contribution >= 4 is 51.9 Å². The molecule has 12 heteroatoms. The molecule has 0 atom stereocenters. The molecule has 0 fully saturated rings. The van der Waals surface area contributed by atoms with E-state index in [2.05, 4.69) is 25.6 Å². The Hall–Kier alpha value is -4.15. The summed E-state index contributed by atoms with van der Waals surface area (Å²) in [5.74, 6) is 1.51. The van der Waals surface area contributed by atoms with Gasteiger partial charge >= 0.3 is 0 Å². The van der Waals surface area contributed by atoms with Crippen molar-refractivity contribution in [3.05, 3.63) is 80.7 Å². The van der Waals surface area contributed by atoms with E-state index in [1.165, 1.54) is 26.6 Å². The zero-order chi connectivity index (χ0) is 25.8. The molecule has 2 heterocycles.